The van der Waals surface area contributed by atoms with Gasteiger partial charge in [-0.1, -0.05) is 6.07 Å². The molecule has 0 radical (unpaired) electrons. The Labute approximate surface area is 160 Å². The molecule has 1 aromatic heterocycles. The lowest BCUT2D eigenvalue weighted by Gasteiger charge is -2.16. The lowest BCUT2D eigenvalue weighted by molar-refractivity contribution is -0.385. The molecule has 0 unspecified atom stereocenters. The minimum atomic E-state index is -0.912. The van der Waals surface area contributed by atoms with E-state index in [1.165, 1.54) is 18.3 Å². The number of aliphatic hydroxyl groups is 2. The number of nitrogens with zero attached hydrogens (tertiary/aromatic N) is 3. The smallest absolute Gasteiger partial charge is 0.351 e. The molecule has 1 aliphatic rings. The highest BCUT2D eigenvalue weighted by atomic mass is 79.9. The first-order chi connectivity index (χ1) is 12.8. The maximum atomic E-state index is 12.3. The third kappa shape index (κ3) is 3.78. The van der Waals surface area contributed by atoms with Crippen LogP contribution < -0.4 is 11.0 Å². The number of nitro benzene ring substituents is 1. The normalized spacial score (nSPS) is 22.0. The highest BCUT2D eigenvalue weighted by Gasteiger charge is 2.35. The first kappa shape index (κ1) is 19.2. The predicted molar refractivity (Wildman–Crippen MR) is 95.9 cm³/mol. The molecule has 1 saturated heterocycles. The number of halogens is 1. The largest absolute Gasteiger partial charge is 0.501 e. The maximum absolute atomic E-state index is 12.3. The zero-order valence-corrected chi connectivity index (χ0v) is 15.2. The number of phenols is 1. The Morgan fingerprint density at radius 3 is 2.85 bits per heavy atom. The lowest BCUT2D eigenvalue weighted by atomic mass is 10.2. The fourth-order valence-corrected chi connectivity index (χ4v) is 3.10. The van der Waals surface area contributed by atoms with Gasteiger partial charge in [0.25, 0.3) is 0 Å². The molecule has 11 nitrogen and oxygen atoms in total. The van der Waals surface area contributed by atoms with Crippen LogP contribution in [0.4, 0.5) is 17.2 Å². The van der Waals surface area contributed by atoms with E-state index in [0.717, 1.165) is 10.6 Å². The van der Waals surface area contributed by atoms with E-state index in [0.29, 0.717) is 4.47 Å². The molecule has 0 bridgehead atoms. The Balaban J connectivity index is 1.90. The summed E-state index contributed by atoms with van der Waals surface area (Å²) in [6.07, 6.45) is -1.01. The van der Waals surface area contributed by atoms with E-state index in [1.807, 2.05) is 0 Å². The van der Waals surface area contributed by atoms with E-state index in [4.69, 9.17) is 9.84 Å². The van der Waals surface area contributed by atoms with Crippen molar-refractivity contribution in [3.63, 3.8) is 0 Å². The highest BCUT2D eigenvalue weighted by molar-refractivity contribution is 9.10. The van der Waals surface area contributed by atoms with Gasteiger partial charge in [0.2, 0.25) is 5.75 Å². The molecule has 2 heterocycles. The van der Waals surface area contributed by atoms with E-state index in [9.17, 15) is 25.1 Å². The predicted octanol–water partition coefficient (Wildman–Crippen LogP) is 1.00. The number of phenolic OH excluding ortho intramolecular Hbond substituents is 1. The van der Waals surface area contributed by atoms with Crippen molar-refractivity contribution in [1.82, 2.24) is 9.55 Å². The number of para-hydroxylation sites is 1. The highest BCUT2D eigenvalue weighted by Crippen LogP contribution is 2.36. The number of aromatic nitrogens is 2. The number of aromatic hydroxyl groups is 1. The third-order valence-electron chi connectivity index (χ3n) is 4.07. The monoisotopic (exact) mass is 442 g/mol. The average Bonchev–Trinajstić information content (AvgIpc) is 2.99. The Morgan fingerprint density at radius 2 is 2.22 bits per heavy atom. The molecule has 0 saturated carbocycles. The summed E-state index contributed by atoms with van der Waals surface area (Å²) < 4.78 is 6.90. The van der Waals surface area contributed by atoms with Crippen molar-refractivity contribution in [2.24, 2.45) is 0 Å². The number of rotatable bonds is 5. The van der Waals surface area contributed by atoms with Gasteiger partial charge in [0, 0.05) is 18.7 Å². The molecule has 3 atom stereocenters. The summed E-state index contributed by atoms with van der Waals surface area (Å²) in [4.78, 5) is 26.3. The van der Waals surface area contributed by atoms with Crippen molar-refractivity contribution in [2.45, 2.75) is 24.9 Å². The molecule has 0 aliphatic carbocycles. The molecule has 2 aromatic rings. The summed E-state index contributed by atoms with van der Waals surface area (Å²) in [5.74, 6) is -0.558. The molecule has 1 aliphatic heterocycles. The van der Waals surface area contributed by atoms with E-state index in [2.05, 4.69) is 26.2 Å². The lowest BCUT2D eigenvalue weighted by Crippen LogP contribution is -2.28. The zero-order valence-electron chi connectivity index (χ0n) is 13.6. The van der Waals surface area contributed by atoms with Gasteiger partial charge in [-0.05, 0) is 22.0 Å². The SMILES string of the molecule is O=c1nc(Nc2cccc([N+](=O)[O-])c2O)c(Br)cn1[C@H]1C[C@H](O)[C@@H](CO)O1. The fourth-order valence-electron chi connectivity index (χ4n) is 2.70. The van der Waals surface area contributed by atoms with Crippen molar-refractivity contribution in [2.75, 3.05) is 11.9 Å². The van der Waals surface area contributed by atoms with Gasteiger partial charge in [0.05, 0.1) is 27.8 Å². The molecule has 4 N–H and O–H groups in total. The summed E-state index contributed by atoms with van der Waals surface area (Å²) in [6, 6.07) is 3.91. The second-order valence-corrected chi connectivity index (χ2v) is 6.65. The van der Waals surface area contributed by atoms with Crippen LogP contribution in [0.5, 0.6) is 5.75 Å². The molecular formula is C15H15BrN4O7. The van der Waals surface area contributed by atoms with Gasteiger partial charge in [-0.15, -0.1) is 0 Å². The molecule has 0 amide bonds. The summed E-state index contributed by atoms with van der Waals surface area (Å²) in [7, 11) is 0. The summed E-state index contributed by atoms with van der Waals surface area (Å²) in [5, 5.41) is 42.5. The molecule has 1 aromatic carbocycles. The van der Waals surface area contributed by atoms with E-state index < -0.39 is 40.5 Å². The molecular weight excluding hydrogens is 428 g/mol. The van der Waals surface area contributed by atoms with Gasteiger partial charge >= 0.3 is 11.4 Å². The Hall–Kier alpha value is -2.54. The van der Waals surface area contributed by atoms with Gasteiger partial charge in [-0.3, -0.25) is 14.7 Å². The van der Waals surface area contributed by atoms with Gasteiger partial charge in [-0.25, -0.2) is 4.79 Å². The quantitative estimate of drug-likeness (QED) is 0.300. The van der Waals surface area contributed by atoms with Crippen molar-refractivity contribution in [3.8, 4) is 5.75 Å². The van der Waals surface area contributed by atoms with E-state index in [1.54, 1.807) is 0 Å². The van der Waals surface area contributed by atoms with Crippen LogP contribution in [0, 0.1) is 10.1 Å². The second kappa shape index (κ2) is 7.60. The van der Waals surface area contributed by atoms with Gasteiger partial charge in [0.1, 0.15) is 12.3 Å². The first-order valence-electron chi connectivity index (χ1n) is 7.78. The molecule has 0 spiro atoms. The Morgan fingerprint density at radius 1 is 1.48 bits per heavy atom. The van der Waals surface area contributed by atoms with Crippen molar-refractivity contribution in [3.05, 3.63) is 49.5 Å². The van der Waals surface area contributed by atoms with E-state index in [-0.39, 0.29) is 24.5 Å². The zero-order chi connectivity index (χ0) is 19.7. The number of hydrogen-bond acceptors (Lipinski definition) is 9. The molecule has 12 heteroatoms. The molecule has 1 fully saturated rings. The number of ether oxygens (including phenoxy) is 1. The Bertz CT molecular complexity index is 935. The van der Waals surface area contributed by atoms with Crippen molar-refractivity contribution >= 4 is 33.1 Å². The number of anilines is 2. The van der Waals surface area contributed by atoms with Gasteiger partial charge < -0.3 is 25.4 Å². The van der Waals surface area contributed by atoms with Crippen LogP contribution in [-0.4, -0.2) is 48.6 Å². The maximum Gasteiger partial charge on any atom is 0.351 e. The number of nitrogens with one attached hydrogen (secondary N) is 1. The number of nitro groups is 1. The van der Waals surface area contributed by atoms with Gasteiger partial charge in [-0.2, -0.15) is 4.98 Å². The number of hydrogen-bond donors (Lipinski definition) is 4. The average molecular weight is 443 g/mol. The second-order valence-electron chi connectivity index (χ2n) is 5.80. The minimum absolute atomic E-state index is 0.00225. The Kier molecular flexibility index (Phi) is 5.41. The summed E-state index contributed by atoms with van der Waals surface area (Å²) in [6.45, 7) is -0.382. The van der Waals surface area contributed by atoms with Crippen molar-refractivity contribution in [1.29, 1.82) is 0 Å². The van der Waals surface area contributed by atoms with Crippen LogP contribution in [-0.2, 0) is 4.74 Å². The first-order valence-corrected chi connectivity index (χ1v) is 8.57. The number of benzene rings is 1. The minimum Gasteiger partial charge on any atom is -0.501 e. The van der Waals surface area contributed by atoms with Crippen LogP contribution in [0.2, 0.25) is 0 Å². The van der Waals surface area contributed by atoms with Crippen LogP contribution in [0.1, 0.15) is 12.6 Å². The van der Waals surface area contributed by atoms with Crippen LogP contribution >= 0.6 is 15.9 Å². The summed E-state index contributed by atoms with van der Waals surface area (Å²) >= 11 is 3.24. The summed E-state index contributed by atoms with van der Waals surface area (Å²) in [5.41, 5.74) is -1.20. The topological polar surface area (TPSA) is 160 Å². The molecule has 3 rings (SSSR count). The standard InChI is InChI=1S/C15H15BrN4O7/c16-7-5-19(12-4-10(22)11(6-21)27-12)15(24)18-14(7)17-8-2-1-3-9(13(8)23)20(25)26/h1-3,5,10-12,21-23H,4,6H2,(H,17,18,24)/t10-,11+,12+/m0/s1. The van der Waals surface area contributed by atoms with Crippen LogP contribution in [0.15, 0.2) is 33.7 Å². The fraction of sp³-hybridized carbons (Fsp3) is 0.333. The van der Waals surface area contributed by atoms with Crippen LogP contribution in [0.25, 0.3) is 0 Å². The molecule has 144 valence electrons. The molecule has 27 heavy (non-hydrogen) atoms. The number of aliphatic hydroxyl groups excluding tert-OH is 2. The van der Waals surface area contributed by atoms with Crippen LogP contribution in [0.3, 0.4) is 0 Å². The van der Waals surface area contributed by atoms with E-state index >= 15 is 0 Å². The van der Waals surface area contributed by atoms with Gasteiger partial charge in [0.15, 0.2) is 5.82 Å². The van der Waals surface area contributed by atoms with Crippen molar-refractivity contribution < 1.29 is 25.0 Å². The third-order valence-corrected chi connectivity index (χ3v) is 4.65.